The molecule has 0 aromatic heterocycles. The van der Waals surface area contributed by atoms with E-state index >= 15 is 0 Å². The summed E-state index contributed by atoms with van der Waals surface area (Å²) < 4.78 is 5.58. The molecule has 0 fully saturated rings. The van der Waals surface area contributed by atoms with Crippen molar-refractivity contribution in [1.29, 1.82) is 0 Å². The van der Waals surface area contributed by atoms with Gasteiger partial charge in [0.25, 0.3) is 0 Å². The molecule has 6 heteroatoms. The Morgan fingerprint density at radius 2 is 1.74 bits per heavy atom. The number of aryl methyl sites for hydroxylation is 1. The number of halogens is 1. The molecule has 0 atom stereocenters. The Morgan fingerprint density at radius 1 is 1.09 bits per heavy atom. The van der Waals surface area contributed by atoms with Crippen molar-refractivity contribution in [2.24, 2.45) is 0 Å². The number of hydrogen-bond acceptors (Lipinski definition) is 4. The standard InChI is InChI=1S/C17H17BrN2O3/c1-11-3-6-14(9-15(11)18)20-16(21)10-19-13-7-4-12(5-8-13)17(22)23-2/h3-9,19H,10H2,1-2H3,(H,20,21). The Morgan fingerprint density at radius 3 is 2.35 bits per heavy atom. The summed E-state index contributed by atoms with van der Waals surface area (Å²) >= 11 is 3.43. The highest BCUT2D eigenvalue weighted by atomic mass is 79.9. The van der Waals surface area contributed by atoms with Gasteiger partial charge < -0.3 is 15.4 Å². The monoisotopic (exact) mass is 376 g/mol. The van der Waals surface area contributed by atoms with Gasteiger partial charge in [0.15, 0.2) is 0 Å². The number of esters is 1. The first-order chi connectivity index (χ1) is 11.0. The summed E-state index contributed by atoms with van der Waals surface area (Å²) in [5.41, 5.74) is 3.05. The average molecular weight is 377 g/mol. The molecule has 23 heavy (non-hydrogen) atoms. The van der Waals surface area contributed by atoms with Gasteiger partial charge in [0.2, 0.25) is 5.91 Å². The molecule has 0 heterocycles. The van der Waals surface area contributed by atoms with Crippen molar-refractivity contribution < 1.29 is 14.3 Å². The highest BCUT2D eigenvalue weighted by Crippen LogP contribution is 2.20. The number of methoxy groups -OCH3 is 1. The van der Waals surface area contributed by atoms with E-state index in [9.17, 15) is 9.59 Å². The van der Waals surface area contributed by atoms with E-state index in [1.54, 1.807) is 24.3 Å². The summed E-state index contributed by atoms with van der Waals surface area (Å²) in [6.07, 6.45) is 0. The number of ether oxygens (including phenoxy) is 1. The van der Waals surface area contributed by atoms with Gasteiger partial charge in [0, 0.05) is 15.8 Å². The molecule has 0 aliphatic heterocycles. The molecular formula is C17H17BrN2O3. The Kier molecular flexibility index (Phi) is 5.76. The molecule has 0 radical (unpaired) electrons. The summed E-state index contributed by atoms with van der Waals surface area (Å²) in [5, 5.41) is 5.81. The number of amides is 1. The van der Waals surface area contributed by atoms with E-state index < -0.39 is 0 Å². The van der Waals surface area contributed by atoms with E-state index in [0.717, 1.165) is 21.4 Å². The van der Waals surface area contributed by atoms with Crippen LogP contribution in [0.3, 0.4) is 0 Å². The third-order valence-corrected chi connectivity index (χ3v) is 4.07. The number of carbonyl (C=O) groups excluding carboxylic acids is 2. The van der Waals surface area contributed by atoms with Gasteiger partial charge in [0.05, 0.1) is 19.2 Å². The Hall–Kier alpha value is -2.34. The fraction of sp³-hybridized carbons (Fsp3) is 0.176. The maximum absolute atomic E-state index is 11.9. The number of rotatable bonds is 5. The van der Waals surface area contributed by atoms with Gasteiger partial charge in [0.1, 0.15) is 0 Å². The van der Waals surface area contributed by atoms with Crippen molar-refractivity contribution in [2.75, 3.05) is 24.3 Å². The van der Waals surface area contributed by atoms with Crippen LogP contribution in [0.5, 0.6) is 0 Å². The molecule has 2 aromatic rings. The molecule has 120 valence electrons. The number of nitrogens with one attached hydrogen (secondary N) is 2. The van der Waals surface area contributed by atoms with Crippen molar-refractivity contribution in [3.8, 4) is 0 Å². The number of hydrogen-bond donors (Lipinski definition) is 2. The zero-order valence-electron chi connectivity index (χ0n) is 12.9. The minimum Gasteiger partial charge on any atom is -0.465 e. The quantitative estimate of drug-likeness (QED) is 0.782. The van der Waals surface area contributed by atoms with Gasteiger partial charge in [-0.3, -0.25) is 4.79 Å². The van der Waals surface area contributed by atoms with Gasteiger partial charge in [-0.1, -0.05) is 22.0 Å². The Bertz CT molecular complexity index is 714. The fourth-order valence-electron chi connectivity index (χ4n) is 1.90. The van der Waals surface area contributed by atoms with Crippen LogP contribution in [0.2, 0.25) is 0 Å². The smallest absolute Gasteiger partial charge is 0.337 e. The lowest BCUT2D eigenvalue weighted by Crippen LogP contribution is -2.21. The molecule has 5 nitrogen and oxygen atoms in total. The maximum Gasteiger partial charge on any atom is 0.337 e. The molecule has 2 aromatic carbocycles. The minimum atomic E-state index is -0.390. The second kappa shape index (κ2) is 7.78. The van der Waals surface area contributed by atoms with Crippen LogP contribution in [0.15, 0.2) is 46.9 Å². The van der Waals surface area contributed by atoms with Crippen LogP contribution in [-0.4, -0.2) is 25.5 Å². The predicted octanol–water partition coefficient (Wildman–Crippen LogP) is 3.59. The first-order valence-electron chi connectivity index (χ1n) is 6.98. The highest BCUT2D eigenvalue weighted by Gasteiger charge is 2.06. The van der Waals surface area contributed by atoms with E-state index in [4.69, 9.17) is 0 Å². The summed E-state index contributed by atoms with van der Waals surface area (Å²) in [6, 6.07) is 12.4. The molecule has 0 saturated heterocycles. The lowest BCUT2D eigenvalue weighted by Gasteiger charge is -2.09. The Balaban J connectivity index is 1.88. The average Bonchev–Trinajstić information content (AvgIpc) is 2.56. The first-order valence-corrected chi connectivity index (χ1v) is 7.77. The second-order valence-electron chi connectivity index (χ2n) is 4.93. The predicted molar refractivity (Wildman–Crippen MR) is 93.8 cm³/mol. The number of carbonyl (C=O) groups is 2. The lowest BCUT2D eigenvalue weighted by molar-refractivity contribution is -0.114. The van der Waals surface area contributed by atoms with E-state index in [0.29, 0.717) is 5.56 Å². The van der Waals surface area contributed by atoms with Crippen molar-refractivity contribution >= 4 is 39.2 Å². The third kappa shape index (κ3) is 4.82. The molecule has 0 unspecified atom stereocenters. The zero-order chi connectivity index (χ0) is 16.8. The molecule has 0 saturated carbocycles. The van der Waals surface area contributed by atoms with Gasteiger partial charge in [-0.2, -0.15) is 0 Å². The molecule has 2 N–H and O–H groups in total. The molecule has 0 spiro atoms. The molecule has 1 amide bonds. The molecular weight excluding hydrogens is 360 g/mol. The van der Waals surface area contributed by atoms with Crippen LogP contribution in [0.4, 0.5) is 11.4 Å². The molecule has 2 rings (SSSR count). The van der Waals surface area contributed by atoms with E-state index in [1.807, 2.05) is 25.1 Å². The van der Waals surface area contributed by atoms with Crippen molar-refractivity contribution in [3.05, 3.63) is 58.1 Å². The SMILES string of the molecule is COC(=O)c1ccc(NCC(=O)Nc2ccc(C)c(Br)c2)cc1. The third-order valence-electron chi connectivity index (χ3n) is 3.21. The summed E-state index contributed by atoms with van der Waals surface area (Å²) in [5.74, 6) is -0.544. The summed E-state index contributed by atoms with van der Waals surface area (Å²) in [7, 11) is 1.34. The van der Waals surface area contributed by atoms with Crippen LogP contribution in [0.1, 0.15) is 15.9 Å². The zero-order valence-corrected chi connectivity index (χ0v) is 14.4. The van der Waals surface area contributed by atoms with Crippen LogP contribution in [0, 0.1) is 6.92 Å². The van der Waals surface area contributed by atoms with Crippen molar-refractivity contribution in [2.45, 2.75) is 6.92 Å². The first kappa shape index (κ1) is 17.0. The fourth-order valence-corrected chi connectivity index (χ4v) is 2.28. The number of benzene rings is 2. The van der Waals surface area contributed by atoms with E-state index in [-0.39, 0.29) is 18.4 Å². The van der Waals surface area contributed by atoms with Crippen molar-refractivity contribution in [1.82, 2.24) is 0 Å². The highest BCUT2D eigenvalue weighted by molar-refractivity contribution is 9.10. The largest absolute Gasteiger partial charge is 0.465 e. The number of anilines is 2. The normalized spacial score (nSPS) is 10.0. The van der Waals surface area contributed by atoms with Crippen LogP contribution >= 0.6 is 15.9 Å². The summed E-state index contributed by atoms with van der Waals surface area (Å²) in [4.78, 5) is 23.3. The van der Waals surface area contributed by atoms with Crippen LogP contribution < -0.4 is 10.6 Å². The maximum atomic E-state index is 11.9. The van der Waals surface area contributed by atoms with Crippen LogP contribution in [0.25, 0.3) is 0 Å². The van der Waals surface area contributed by atoms with E-state index in [2.05, 4.69) is 31.3 Å². The Labute approximate surface area is 143 Å². The van der Waals surface area contributed by atoms with Gasteiger partial charge in [-0.25, -0.2) is 4.79 Å². The lowest BCUT2D eigenvalue weighted by atomic mass is 10.2. The van der Waals surface area contributed by atoms with Crippen molar-refractivity contribution in [3.63, 3.8) is 0 Å². The van der Waals surface area contributed by atoms with E-state index in [1.165, 1.54) is 7.11 Å². The molecule has 0 aliphatic carbocycles. The molecule has 0 aliphatic rings. The second-order valence-corrected chi connectivity index (χ2v) is 5.79. The minimum absolute atomic E-state index is 0.128. The van der Waals surface area contributed by atoms with Crippen LogP contribution in [-0.2, 0) is 9.53 Å². The van der Waals surface area contributed by atoms with Gasteiger partial charge in [-0.15, -0.1) is 0 Å². The topological polar surface area (TPSA) is 67.4 Å². The van der Waals surface area contributed by atoms with Gasteiger partial charge in [-0.05, 0) is 48.9 Å². The van der Waals surface area contributed by atoms with Gasteiger partial charge >= 0.3 is 5.97 Å². The summed E-state index contributed by atoms with van der Waals surface area (Å²) in [6.45, 7) is 2.11. The molecule has 0 bridgehead atoms.